The van der Waals surface area contributed by atoms with Crippen LogP contribution in [0.4, 0.5) is 0 Å². The van der Waals surface area contributed by atoms with Gasteiger partial charge in [-0.1, -0.05) is 18.2 Å². The van der Waals surface area contributed by atoms with Gasteiger partial charge in [-0.2, -0.15) is 0 Å². The van der Waals surface area contributed by atoms with Crippen LogP contribution >= 0.6 is 0 Å². The molecule has 0 bridgehead atoms. The molecule has 0 aliphatic heterocycles. The summed E-state index contributed by atoms with van der Waals surface area (Å²) in [4.78, 5) is 0. The van der Waals surface area contributed by atoms with E-state index < -0.39 is 12.2 Å². The molecular weight excluding hydrogens is 192 g/mol. The molecule has 3 heteroatoms. The highest BCUT2D eigenvalue weighted by atomic mass is 16.5. The van der Waals surface area contributed by atoms with Crippen molar-refractivity contribution in [3.63, 3.8) is 0 Å². The highest BCUT2D eigenvalue weighted by Crippen LogP contribution is 2.19. The first-order valence-corrected chi connectivity index (χ1v) is 5.13. The van der Waals surface area contributed by atoms with Gasteiger partial charge in [0.2, 0.25) is 0 Å². The average Bonchev–Trinajstić information content (AvgIpc) is 2.26. The van der Waals surface area contributed by atoms with E-state index in [1.165, 1.54) is 0 Å². The zero-order valence-corrected chi connectivity index (χ0v) is 9.18. The molecule has 2 unspecified atom stereocenters. The van der Waals surface area contributed by atoms with Crippen molar-refractivity contribution in [3.8, 4) is 5.75 Å². The number of ether oxygens (including phenoxy) is 1. The lowest BCUT2D eigenvalue weighted by atomic mass is 10.0. The van der Waals surface area contributed by atoms with Crippen molar-refractivity contribution in [1.29, 1.82) is 0 Å². The minimum Gasteiger partial charge on any atom is -0.496 e. The van der Waals surface area contributed by atoms with E-state index in [-0.39, 0.29) is 0 Å². The maximum absolute atomic E-state index is 9.46. The van der Waals surface area contributed by atoms with E-state index >= 15 is 0 Å². The Balaban J connectivity index is 2.57. The number of methoxy groups -OCH3 is 1. The summed E-state index contributed by atoms with van der Waals surface area (Å²) >= 11 is 0. The number of aliphatic hydroxyl groups is 2. The van der Waals surface area contributed by atoms with E-state index in [0.29, 0.717) is 12.8 Å². The van der Waals surface area contributed by atoms with Crippen LogP contribution in [-0.4, -0.2) is 29.5 Å². The molecule has 0 aromatic heterocycles. The number of hydrogen-bond donors (Lipinski definition) is 2. The summed E-state index contributed by atoms with van der Waals surface area (Å²) in [6.07, 6.45) is -0.108. The zero-order valence-electron chi connectivity index (χ0n) is 9.18. The normalized spacial score (nSPS) is 14.7. The molecule has 2 atom stereocenters. The third-order valence-electron chi connectivity index (χ3n) is 2.46. The van der Waals surface area contributed by atoms with Crippen molar-refractivity contribution in [1.82, 2.24) is 0 Å². The highest BCUT2D eigenvalue weighted by molar-refractivity contribution is 5.33. The highest BCUT2D eigenvalue weighted by Gasteiger charge is 2.11. The van der Waals surface area contributed by atoms with Crippen molar-refractivity contribution >= 4 is 0 Å². The molecule has 0 aliphatic rings. The Morgan fingerprint density at radius 1 is 1.27 bits per heavy atom. The summed E-state index contributed by atoms with van der Waals surface area (Å²) in [5, 5.41) is 18.6. The predicted octanol–water partition coefficient (Wildman–Crippen LogP) is 1.37. The van der Waals surface area contributed by atoms with Gasteiger partial charge in [0.25, 0.3) is 0 Å². The molecule has 1 rings (SSSR count). The zero-order chi connectivity index (χ0) is 11.3. The molecule has 0 spiro atoms. The number of rotatable bonds is 5. The number of benzene rings is 1. The van der Waals surface area contributed by atoms with Crippen LogP contribution in [0, 0.1) is 0 Å². The maximum atomic E-state index is 9.46. The minimum absolute atomic E-state index is 0.540. The molecular formula is C12H18O3. The number of aryl methyl sites for hydroxylation is 1. The molecule has 1 aromatic rings. The van der Waals surface area contributed by atoms with Crippen LogP contribution < -0.4 is 4.74 Å². The lowest BCUT2D eigenvalue weighted by molar-refractivity contribution is 0.0264. The summed E-state index contributed by atoms with van der Waals surface area (Å²) in [6.45, 7) is 1.59. The number of aliphatic hydroxyl groups excluding tert-OH is 2. The molecule has 0 saturated carbocycles. The van der Waals surface area contributed by atoms with Gasteiger partial charge in [-0.25, -0.2) is 0 Å². The third-order valence-corrected chi connectivity index (χ3v) is 2.46. The van der Waals surface area contributed by atoms with Crippen molar-refractivity contribution in [2.24, 2.45) is 0 Å². The summed E-state index contributed by atoms with van der Waals surface area (Å²) in [7, 11) is 1.63. The van der Waals surface area contributed by atoms with Gasteiger partial charge in [0.05, 0.1) is 19.3 Å². The lowest BCUT2D eigenvalue weighted by Crippen LogP contribution is -2.22. The minimum atomic E-state index is -0.681. The molecule has 0 saturated heterocycles. The van der Waals surface area contributed by atoms with E-state index in [1.807, 2.05) is 24.3 Å². The molecule has 84 valence electrons. The van der Waals surface area contributed by atoms with Crippen molar-refractivity contribution in [2.75, 3.05) is 7.11 Å². The first kappa shape index (κ1) is 12.0. The van der Waals surface area contributed by atoms with Crippen LogP contribution in [-0.2, 0) is 6.42 Å². The number of hydrogen-bond acceptors (Lipinski definition) is 3. The smallest absolute Gasteiger partial charge is 0.122 e. The van der Waals surface area contributed by atoms with Crippen molar-refractivity contribution < 1.29 is 14.9 Å². The first-order chi connectivity index (χ1) is 7.15. The fourth-order valence-electron chi connectivity index (χ4n) is 1.45. The Labute approximate surface area is 90.3 Å². The Morgan fingerprint density at radius 2 is 1.93 bits per heavy atom. The van der Waals surface area contributed by atoms with Gasteiger partial charge in [0.1, 0.15) is 5.75 Å². The number of para-hydroxylation sites is 1. The van der Waals surface area contributed by atoms with E-state index in [4.69, 9.17) is 9.84 Å². The van der Waals surface area contributed by atoms with E-state index in [1.54, 1.807) is 14.0 Å². The van der Waals surface area contributed by atoms with Crippen LogP contribution in [0.5, 0.6) is 5.75 Å². The van der Waals surface area contributed by atoms with Gasteiger partial charge in [0.15, 0.2) is 0 Å². The summed E-state index contributed by atoms with van der Waals surface area (Å²) < 4.78 is 5.19. The fourth-order valence-corrected chi connectivity index (χ4v) is 1.45. The molecule has 15 heavy (non-hydrogen) atoms. The standard InChI is InChI=1S/C12H18O3/c1-9(13)11(14)8-7-10-5-3-4-6-12(10)15-2/h3-6,9,11,13-14H,7-8H2,1-2H3. The van der Waals surface area contributed by atoms with Crippen LogP contribution in [0.1, 0.15) is 18.9 Å². The topological polar surface area (TPSA) is 49.7 Å². The van der Waals surface area contributed by atoms with E-state index in [0.717, 1.165) is 11.3 Å². The second kappa shape index (κ2) is 5.73. The first-order valence-electron chi connectivity index (χ1n) is 5.13. The molecule has 1 aromatic carbocycles. The van der Waals surface area contributed by atoms with Gasteiger partial charge in [-0.3, -0.25) is 0 Å². The Kier molecular flexibility index (Phi) is 4.59. The summed E-state index contributed by atoms with van der Waals surface area (Å²) in [6, 6.07) is 7.71. The van der Waals surface area contributed by atoms with E-state index in [9.17, 15) is 5.11 Å². The molecule has 2 N–H and O–H groups in total. The third kappa shape index (κ3) is 3.53. The fraction of sp³-hybridized carbons (Fsp3) is 0.500. The monoisotopic (exact) mass is 210 g/mol. The Morgan fingerprint density at radius 3 is 2.53 bits per heavy atom. The van der Waals surface area contributed by atoms with Crippen molar-refractivity contribution in [3.05, 3.63) is 29.8 Å². The second-order valence-electron chi connectivity index (χ2n) is 3.66. The van der Waals surface area contributed by atoms with Gasteiger partial charge < -0.3 is 14.9 Å². The summed E-state index contributed by atoms with van der Waals surface area (Å²) in [5.74, 6) is 0.829. The SMILES string of the molecule is COc1ccccc1CCC(O)C(C)O. The molecule has 3 nitrogen and oxygen atoms in total. The van der Waals surface area contributed by atoms with Gasteiger partial charge in [-0.05, 0) is 31.4 Å². The molecule has 0 amide bonds. The Bertz CT molecular complexity index is 297. The molecule has 0 fully saturated rings. The molecule has 0 heterocycles. The van der Waals surface area contributed by atoms with Crippen LogP contribution in [0.2, 0.25) is 0 Å². The van der Waals surface area contributed by atoms with Gasteiger partial charge in [-0.15, -0.1) is 0 Å². The largest absolute Gasteiger partial charge is 0.496 e. The average molecular weight is 210 g/mol. The van der Waals surface area contributed by atoms with Gasteiger partial charge >= 0.3 is 0 Å². The molecule has 0 aliphatic carbocycles. The van der Waals surface area contributed by atoms with Gasteiger partial charge in [0, 0.05) is 0 Å². The van der Waals surface area contributed by atoms with Crippen LogP contribution in [0.25, 0.3) is 0 Å². The van der Waals surface area contributed by atoms with Crippen molar-refractivity contribution in [2.45, 2.75) is 32.0 Å². The van der Waals surface area contributed by atoms with Crippen LogP contribution in [0.15, 0.2) is 24.3 Å². The predicted molar refractivity (Wildman–Crippen MR) is 59.0 cm³/mol. The Hall–Kier alpha value is -1.06. The van der Waals surface area contributed by atoms with Crippen LogP contribution in [0.3, 0.4) is 0 Å². The second-order valence-corrected chi connectivity index (χ2v) is 3.66. The quantitative estimate of drug-likeness (QED) is 0.771. The van der Waals surface area contributed by atoms with E-state index in [2.05, 4.69) is 0 Å². The molecule has 0 radical (unpaired) electrons. The maximum Gasteiger partial charge on any atom is 0.122 e. The summed E-state index contributed by atoms with van der Waals surface area (Å²) in [5.41, 5.74) is 1.06. The lowest BCUT2D eigenvalue weighted by Gasteiger charge is -2.14.